The SMILES string of the molecule is COCCOc1ccc(C)c(-c2csc3ccc(CO)cc23)c1. The van der Waals surface area contributed by atoms with Crippen molar-refractivity contribution in [2.75, 3.05) is 20.3 Å². The maximum atomic E-state index is 9.39. The van der Waals surface area contributed by atoms with Crippen LogP contribution in [0, 0.1) is 6.92 Å². The molecule has 0 saturated heterocycles. The van der Waals surface area contributed by atoms with E-state index in [2.05, 4.69) is 36.6 Å². The van der Waals surface area contributed by atoms with Gasteiger partial charge < -0.3 is 14.6 Å². The summed E-state index contributed by atoms with van der Waals surface area (Å²) < 4.78 is 12.0. The smallest absolute Gasteiger partial charge is 0.120 e. The van der Waals surface area contributed by atoms with Crippen LogP contribution < -0.4 is 4.74 Å². The summed E-state index contributed by atoms with van der Waals surface area (Å²) in [5, 5.41) is 12.7. The summed E-state index contributed by atoms with van der Waals surface area (Å²) in [5.41, 5.74) is 4.50. The first kappa shape index (κ1) is 16.0. The molecule has 0 aliphatic heterocycles. The summed E-state index contributed by atoms with van der Waals surface area (Å²) in [6.07, 6.45) is 0. The summed E-state index contributed by atoms with van der Waals surface area (Å²) in [5.74, 6) is 0.848. The largest absolute Gasteiger partial charge is 0.491 e. The Morgan fingerprint density at radius 3 is 2.70 bits per heavy atom. The quantitative estimate of drug-likeness (QED) is 0.682. The lowest BCUT2D eigenvalue weighted by atomic mass is 9.99. The van der Waals surface area contributed by atoms with E-state index < -0.39 is 0 Å². The predicted octanol–water partition coefficient (Wildman–Crippen LogP) is 4.39. The van der Waals surface area contributed by atoms with E-state index in [4.69, 9.17) is 9.47 Å². The minimum atomic E-state index is 0.0599. The first-order chi connectivity index (χ1) is 11.2. The van der Waals surface area contributed by atoms with Gasteiger partial charge in [0.2, 0.25) is 0 Å². The summed E-state index contributed by atoms with van der Waals surface area (Å²) >= 11 is 1.72. The highest BCUT2D eigenvalue weighted by molar-refractivity contribution is 7.17. The Morgan fingerprint density at radius 1 is 1.04 bits per heavy atom. The number of aliphatic hydroxyl groups excluding tert-OH is 1. The van der Waals surface area contributed by atoms with Gasteiger partial charge in [-0.2, -0.15) is 0 Å². The van der Waals surface area contributed by atoms with Gasteiger partial charge in [-0.25, -0.2) is 0 Å². The van der Waals surface area contributed by atoms with Crippen LogP contribution in [0.1, 0.15) is 11.1 Å². The molecule has 0 amide bonds. The lowest BCUT2D eigenvalue weighted by molar-refractivity contribution is 0.146. The number of ether oxygens (including phenoxy) is 2. The Morgan fingerprint density at radius 2 is 1.91 bits per heavy atom. The van der Waals surface area contributed by atoms with Gasteiger partial charge >= 0.3 is 0 Å². The highest BCUT2D eigenvalue weighted by Crippen LogP contribution is 2.37. The van der Waals surface area contributed by atoms with Gasteiger partial charge in [-0.15, -0.1) is 11.3 Å². The molecule has 0 aliphatic carbocycles. The van der Waals surface area contributed by atoms with Crippen molar-refractivity contribution in [1.29, 1.82) is 0 Å². The number of thiophene rings is 1. The minimum absolute atomic E-state index is 0.0599. The highest BCUT2D eigenvalue weighted by Gasteiger charge is 2.11. The molecular formula is C19H20O3S. The predicted molar refractivity (Wildman–Crippen MR) is 95.3 cm³/mol. The van der Waals surface area contributed by atoms with E-state index in [9.17, 15) is 5.11 Å². The van der Waals surface area contributed by atoms with Crippen molar-refractivity contribution < 1.29 is 14.6 Å². The Kier molecular flexibility index (Phi) is 4.96. The van der Waals surface area contributed by atoms with Crippen LogP contribution in [0.5, 0.6) is 5.75 Å². The third kappa shape index (κ3) is 3.39. The van der Waals surface area contributed by atoms with Crippen molar-refractivity contribution in [3.05, 3.63) is 52.9 Å². The third-order valence-electron chi connectivity index (χ3n) is 3.88. The molecule has 0 unspecified atom stereocenters. The van der Waals surface area contributed by atoms with Crippen molar-refractivity contribution in [1.82, 2.24) is 0 Å². The molecule has 1 heterocycles. The molecule has 0 fully saturated rings. The van der Waals surface area contributed by atoms with Gasteiger partial charge in [0.25, 0.3) is 0 Å². The van der Waals surface area contributed by atoms with E-state index in [1.165, 1.54) is 26.8 Å². The van der Waals surface area contributed by atoms with Gasteiger partial charge in [0, 0.05) is 22.8 Å². The lowest BCUT2D eigenvalue weighted by Crippen LogP contribution is -2.04. The average Bonchev–Trinajstić information content (AvgIpc) is 2.99. The van der Waals surface area contributed by atoms with Crippen LogP contribution in [0.4, 0.5) is 0 Å². The number of hydrogen-bond acceptors (Lipinski definition) is 4. The van der Waals surface area contributed by atoms with Crippen molar-refractivity contribution in [3.63, 3.8) is 0 Å². The van der Waals surface area contributed by atoms with Crippen LogP contribution in [0.3, 0.4) is 0 Å². The van der Waals surface area contributed by atoms with Crippen molar-refractivity contribution in [2.45, 2.75) is 13.5 Å². The summed E-state index contributed by atoms with van der Waals surface area (Å²) in [6, 6.07) is 12.3. The molecule has 3 rings (SSSR count). The second-order valence-corrected chi connectivity index (χ2v) is 6.37. The molecule has 120 valence electrons. The Hall–Kier alpha value is -1.88. The van der Waals surface area contributed by atoms with Crippen LogP contribution in [-0.2, 0) is 11.3 Å². The minimum Gasteiger partial charge on any atom is -0.491 e. The molecular weight excluding hydrogens is 308 g/mol. The van der Waals surface area contributed by atoms with Crippen molar-refractivity contribution in [2.24, 2.45) is 0 Å². The van der Waals surface area contributed by atoms with E-state index >= 15 is 0 Å². The van der Waals surface area contributed by atoms with Crippen LogP contribution >= 0.6 is 11.3 Å². The van der Waals surface area contributed by atoms with E-state index in [1.54, 1.807) is 18.4 Å². The second-order valence-electron chi connectivity index (χ2n) is 5.46. The summed E-state index contributed by atoms with van der Waals surface area (Å²) in [4.78, 5) is 0. The summed E-state index contributed by atoms with van der Waals surface area (Å²) in [7, 11) is 1.67. The fraction of sp³-hybridized carbons (Fsp3) is 0.263. The first-order valence-electron chi connectivity index (χ1n) is 7.56. The van der Waals surface area contributed by atoms with E-state index in [0.717, 1.165) is 11.3 Å². The number of methoxy groups -OCH3 is 1. The van der Waals surface area contributed by atoms with E-state index in [0.29, 0.717) is 13.2 Å². The first-order valence-corrected chi connectivity index (χ1v) is 8.44. The number of hydrogen-bond donors (Lipinski definition) is 1. The van der Waals surface area contributed by atoms with Crippen LogP contribution in [-0.4, -0.2) is 25.4 Å². The molecule has 3 nitrogen and oxygen atoms in total. The molecule has 0 spiro atoms. The van der Waals surface area contributed by atoms with Gasteiger partial charge in [0.1, 0.15) is 12.4 Å². The number of fused-ring (bicyclic) bond motifs is 1. The molecule has 2 aromatic carbocycles. The molecule has 0 atom stereocenters. The zero-order chi connectivity index (χ0) is 16.2. The maximum absolute atomic E-state index is 9.39. The fourth-order valence-electron chi connectivity index (χ4n) is 2.61. The Bertz CT molecular complexity index is 807. The number of aliphatic hydroxyl groups is 1. The average molecular weight is 328 g/mol. The van der Waals surface area contributed by atoms with Crippen molar-refractivity contribution >= 4 is 21.4 Å². The summed E-state index contributed by atoms with van der Waals surface area (Å²) in [6.45, 7) is 3.28. The second kappa shape index (κ2) is 7.13. The molecule has 1 N–H and O–H groups in total. The van der Waals surface area contributed by atoms with Crippen LogP contribution in [0.25, 0.3) is 21.2 Å². The van der Waals surface area contributed by atoms with E-state index in [-0.39, 0.29) is 6.61 Å². The van der Waals surface area contributed by atoms with E-state index in [1.807, 2.05) is 12.1 Å². The normalized spacial score (nSPS) is 11.1. The van der Waals surface area contributed by atoms with Gasteiger partial charge in [-0.05, 0) is 53.3 Å². The maximum Gasteiger partial charge on any atom is 0.120 e. The molecule has 23 heavy (non-hydrogen) atoms. The zero-order valence-electron chi connectivity index (χ0n) is 13.3. The standard InChI is InChI=1S/C19H20O3S/c1-13-3-5-15(22-8-7-21-2)10-16(13)18-12-23-19-6-4-14(11-20)9-17(18)19/h3-6,9-10,12,20H,7-8,11H2,1-2H3. The van der Waals surface area contributed by atoms with Crippen molar-refractivity contribution in [3.8, 4) is 16.9 Å². The molecule has 0 radical (unpaired) electrons. The van der Waals surface area contributed by atoms with Gasteiger partial charge in [0.05, 0.1) is 13.2 Å². The molecule has 4 heteroatoms. The monoisotopic (exact) mass is 328 g/mol. The Labute approximate surface area is 140 Å². The third-order valence-corrected chi connectivity index (χ3v) is 4.84. The topological polar surface area (TPSA) is 38.7 Å². The molecule has 0 aliphatic rings. The lowest BCUT2D eigenvalue weighted by Gasteiger charge is -2.10. The fourth-order valence-corrected chi connectivity index (χ4v) is 3.55. The highest BCUT2D eigenvalue weighted by atomic mass is 32.1. The van der Waals surface area contributed by atoms with Gasteiger partial charge in [0.15, 0.2) is 0 Å². The van der Waals surface area contributed by atoms with Gasteiger partial charge in [-0.3, -0.25) is 0 Å². The molecule has 3 aromatic rings. The Balaban J connectivity index is 2.01. The van der Waals surface area contributed by atoms with Crippen LogP contribution in [0.2, 0.25) is 0 Å². The zero-order valence-corrected chi connectivity index (χ0v) is 14.2. The molecule has 1 aromatic heterocycles. The number of aryl methyl sites for hydroxylation is 1. The molecule has 0 saturated carbocycles. The number of rotatable bonds is 6. The molecule has 0 bridgehead atoms. The van der Waals surface area contributed by atoms with Crippen LogP contribution in [0.15, 0.2) is 41.8 Å². The number of benzene rings is 2. The van der Waals surface area contributed by atoms with Gasteiger partial charge in [-0.1, -0.05) is 12.1 Å².